The third kappa shape index (κ3) is 1.94. The van der Waals surface area contributed by atoms with E-state index in [1.54, 1.807) is 0 Å². The molecule has 106 valence electrons. The first kappa shape index (κ1) is 13.7. The average molecular weight is 277 g/mol. The highest BCUT2D eigenvalue weighted by Crippen LogP contribution is 2.40. The van der Waals surface area contributed by atoms with E-state index in [1.165, 1.54) is 5.57 Å². The molecule has 0 unspecified atom stereocenters. The Hall–Kier alpha value is -2.22. The summed E-state index contributed by atoms with van der Waals surface area (Å²) in [4.78, 5) is 17.5. The van der Waals surface area contributed by atoms with E-state index in [1.807, 2.05) is 51.1 Å². The van der Waals surface area contributed by atoms with E-state index in [9.17, 15) is 4.79 Å². The van der Waals surface area contributed by atoms with Gasteiger partial charge in [-0.15, -0.1) is 0 Å². The Labute approximate surface area is 125 Å². The van der Waals surface area contributed by atoms with E-state index >= 15 is 0 Å². The Morgan fingerprint density at radius 2 is 1.62 bits per heavy atom. The summed E-state index contributed by atoms with van der Waals surface area (Å²) < 4.78 is 0. The Balaban J connectivity index is 2.25. The van der Waals surface area contributed by atoms with Crippen molar-refractivity contribution in [3.8, 4) is 0 Å². The molecule has 1 heterocycles. The molecule has 0 aromatic heterocycles. The zero-order valence-electron chi connectivity index (χ0n) is 12.9. The number of hydrogen-bond donors (Lipinski definition) is 0. The van der Waals surface area contributed by atoms with Gasteiger partial charge in [0.25, 0.3) is 0 Å². The predicted molar refractivity (Wildman–Crippen MR) is 86.4 cm³/mol. The summed E-state index contributed by atoms with van der Waals surface area (Å²) in [5.74, 6) is 0.131. The third-order valence-electron chi connectivity index (χ3n) is 4.46. The highest BCUT2D eigenvalue weighted by Gasteiger charge is 2.33. The lowest BCUT2D eigenvalue weighted by atomic mass is 9.83. The highest BCUT2D eigenvalue weighted by molar-refractivity contribution is 6.25. The molecule has 21 heavy (non-hydrogen) atoms. The van der Waals surface area contributed by atoms with Crippen molar-refractivity contribution in [2.24, 2.45) is 4.99 Å². The predicted octanol–water partition coefficient (Wildman–Crippen LogP) is 4.39. The van der Waals surface area contributed by atoms with Crippen LogP contribution >= 0.6 is 0 Å². The van der Waals surface area contributed by atoms with E-state index in [0.717, 1.165) is 45.7 Å². The summed E-state index contributed by atoms with van der Waals surface area (Å²) >= 11 is 0. The second kappa shape index (κ2) is 4.96. The number of carbonyl (C=O) groups is 1. The second-order valence-electron chi connectivity index (χ2n) is 5.59. The van der Waals surface area contributed by atoms with Crippen LogP contribution in [0.15, 0.2) is 68.9 Å². The van der Waals surface area contributed by atoms with Gasteiger partial charge < -0.3 is 0 Å². The summed E-state index contributed by atoms with van der Waals surface area (Å²) in [5.41, 5.74) is 7.84. The van der Waals surface area contributed by atoms with Gasteiger partial charge in [-0.05, 0) is 43.9 Å². The third-order valence-corrected chi connectivity index (χ3v) is 4.46. The van der Waals surface area contributed by atoms with Crippen molar-refractivity contribution in [3.63, 3.8) is 0 Å². The lowest BCUT2D eigenvalue weighted by molar-refractivity contribution is -0.112. The minimum atomic E-state index is 0.131. The summed E-state index contributed by atoms with van der Waals surface area (Å²) in [7, 11) is 0. The van der Waals surface area contributed by atoms with Crippen LogP contribution in [0.25, 0.3) is 0 Å². The molecule has 1 aliphatic carbocycles. The minimum Gasteiger partial charge on any atom is -0.289 e. The first-order valence-electron chi connectivity index (χ1n) is 7.37. The number of fused-ring (bicyclic) bond motifs is 1. The Bertz CT molecular complexity index is 758. The Kier molecular flexibility index (Phi) is 3.25. The van der Waals surface area contributed by atoms with Crippen LogP contribution in [0.2, 0.25) is 0 Å². The summed E-state index contributed by atoms with van der Waals surface area (Å²) in [6, 6.07) is 10.1. The number of nitrogens with zero attached hydrogens (tertiary/aromatic N) is 1. The number of rotatable bonds is 2. The molecule has 2 heteroatoms. The maximum atomic E-state index is 12.6. The van der Waals surface area contributed by atoms with Crippen LogP contribution in [0.4, 0.5) is 0 Å². The normalized spacial score (nSPS) is 18.5. The highest BCUT2D eigenvalue weighted by atomic mass is 16.1. The van der Waals surface area contributed by atoms with Crippen molar-refractivity contribution in [2.75, 3.05) is 0 Å². The fourth-order valence-corrected chi connectivity index (χ4v) is 3.12. The van der Waals surface area contributed by atoms with Crippen LogP contribution in [0.1, 0.15) is 39.7 Å². The van der Waals surface area contributed by atoms with Gasteiger partial charge in [-0.2, -0.15) is 0 Å². The molecule has 0 N–H and O–H groups in total. The average Bonchev–Trinajstić information content (AvgIpc) is 2.84. The molecule has 1 aromatic rings. The molecule has 2 nitrogen and oxygen atoms in total. The van der Waals surface area contributed by atoms with E-state index < -0.39 is 0 Å². The Morgan fingerprint density at radius 3 is 2.24 bits per heavy atom. The van der Waals surface area contributed by atoms with Gasteiger partial charge in [0.15, 0.2) is 5.78 Å². The van der Waals surface area contributed by atoms with Crippen molar-refractivity contribution in [1.82, 2.24) is 0 Å². The number of aliphatic imine (C=N–C) groups is 1. The fraction of sp³-hybridized carbons (Fsp3) is 0.263. The van der Waals surface area contributed by atoms with Gasteiger partial charge in [-0.25, -0.2) is 4.99 Å². The van der Waals surface area contributed by atoms with Crippen molar-refractivity contribution in [3.05, 3.63) is 69.5 Å². The van der Waals surface area contributed by atoms with E-state index in [0.29, 0.717) is 0 Å². The van der Waals surface area contributed by atoms with Crippen LogP contribution in [-0.2, 0) is 4.79 Å². The molecule has 0 saturated carbocycles. The monoisotopic (exact) mass is 277 g/mol. The molecule has 1 aliphatic heterocycles. The number of hydrogen-bond acceptors (Lipinski definition) is 2. The number of benzene rings is 1. The van der Waals surface area contributed by atoms with Gasteiger partial charge in [-0.1, -0.05) is 37.3 Å². The molecule has 0 bridgehead atoms. The minimum absolute atomic E-state index is 0.131. The van der Waals surface area contributed by atoms with Gasteiger partial charge in [0.05, 0.1) is 17.0 Å². The lowest BCUT2D eigenvalue weighted by Crippen LogP contribution is -2.15. The first-order valence-corrected chi connectivity index (χ1v) is 7.37. The van der Waals surface area contributed by atoms with Gasteiger partial charge in [-0.3, -0.25) is 4.79 Å². The van der Waals surface area contributed by atoms with Crippen LogP contribution in [-0.4, -0.2) is 11.5 Å². The molecule has 0 radical (unpaired) electrons. The largest absolute Gasteiger partial charge is 0.289 e. The molecule has 0 spiro atoms. The maximum absolute atomic E-state index is 12.6. The van der Waals surface area contributed by atoms with Crippen molar-refractivity contribution in [1.29, 1.82) is 0 Å². The molecule has 0 atom stereocenters. The quantitative estimate of drug-likeness (QED) is 0.788. The van der Waals surface area contributed by atoms with E-state index in [4.69, 9.17) is 4.99 Å². The summed E-state index contributed by atoms with van der Waals surface area (Å²) in [6.45, 7) is 8.08. The molecule has 1 aromatic carbocycles. The van der Waals surface area contributed by atoms with Crippen LogP contribution in [0, 0.1) is 0 Å². The standard InChI is InChI=1S/C19H19NO/c1-5-15-11(2)12(3)19(21)16-13(4)17(20-18(15)16)14-9-7-6-8-10-14/h6-10H,5H2,1-4H3. The van der Waals surface area contributed by atoms with Gasteiger partial charge in [0, 0.05) is 11.1 Å². The summed E-state index contributed by atoms with van der Waals surface area (Å²) in [5, 5.41) is 0. The molecule has 2 aliphatic rings. The molecule has 3 rings (SSSR count). The molecular formula is C19H19NO. The molecule has 0 fully saturated rings. The number of ketones is 1. The molecule has 0 saturated heterocycles. The SMILES string of the molecule is CCC1=C2N=C(c3ccccc3)C(C)=C2C(=O)C(C)=C1C. The molecular weight excluding hydrogens is 258 g/mol. The zero-order valence-corrected chi connectivity index (χ0v) is 12.9. The van der Waals surface area contributed by atoms with E-state index in [-0.39, 0.29) is 5.78 Å². The topological polar surface area (TPSA) is 29.4 Å². The smallest absolute Gasteiger partial charge is 0.191 e. The lowest BCUT2D eigenvalue weighted by Gasteiger charge is -2.19. The van der Waals surface area contributed by atoms with Crippen molar-refractivity contribution in [2.45, 2.75) is 34.1 Å². The number of allylic oxidation sites excluding steroid dienone is 5. The Morgan fingerprint density at radius 1 is 0.952 bits per heavy atom. The first-order chi connectivity index (χ1) is 10.1. The number of Topliss-reactive ketones (excluding diaryl/α,β-unsaturated/α-hetero) is 1. The van der Waals surface area contributed by atoms with Crippen LogP contribution in [0.3, 0.4) is 0 Å². The second-order valence-corrected chi connectivity index (χ2v) is 5.59. The van der Waals surface area contributed by atoms with E-state index in [2.05, 4.69) is 6.92 Å². The van der Waals surface area contributed by atoms with Crippen molar-refractivity contribution < 1.29 is 4.79 Å². The van der Waals surface area contributed by atoms with Gasteiger partial charge >= 0.3 is 0 Å². The zero-order chi connectivity index (χ0) is 15.1. The van der Waals surface area contributed by atoms with Crippen molar-refractivity contribution >= 4 is 11.5 Å². The van der Waals surface area contributed by atoms with Gasteiger partial charge in [0.1, 0.15) is 0 Å². The van der Waals surface area contributed by atoms with Gasteiger partial charge in [0.2, 0.25) is 0 Å². The number of carbonyl (C=O) groups excluding carboxylic acids is 1. The van der Waals surface area contributed by atoms with Crippen LogP contribution in [0.5, 0.6) is 0 Å². The summed E-state index contributed by atoms with van der Waals surface area (Å²) in [6.07, 6.45) is 0.897. The molecule has 0 amide bonds. The fourth-order valence-electron chi connectivity index (χ4n) is 3.12. The maximum Gasteiger partial charge on any atom is 0.191 e. The van der Waals surface area contributed by atoms with Crippen LogP contribution < -0.4 is 0 Å².